The van der Waals surface area contributed by atoms with Crippen molar-refractivity contribution >= 4 is 11.7 Å². The van der Waals surface area contributed by atoms with Crippen LogP contribution < -0.4 is 5.32 Å². The lowest BCUT2D eigenvalue weighted by Crippen LogP contribution is -2.27. The lowest BCUT2D eigenvalue weighted by atomic mass is 9.84. The van der Waals surface area contributed by atoms with Crippen LogP contribution >= 0.6 is 0 Å². The van der Waals surface area contributed by atoms with Gasteiger partial charge in [-0.2, -0.15) is 0 Å². The van der Waals surface area contributed by atoms with E-state index >= 15 is 0 Å². The van der Waals surface area contributed by atoms with Crippen LogP contribution in [0.3, 0.4) is 0 Å². The number of hydrogen-bond acceptors (Lipinski definition) is 3. The van der Waals surface area contributed by atoms with Crippen LogP contribution in [-0.4, -0.2) is 18.6 Å². The van der Waals surface area contributed by atoms with Gasteiger partial charge in [-0.1, -0.05) is 25.5 Å². The van der Waals surface area contributed by atoms with Crippen LogP contribution in [0.2, 0.25) is 0 Å². The monoisotopic (exact) mass is 303 g/mol. The highest BCUT2D eigenvalue weighted by Gasteiger charge is 2.23. The Balaban J connectivity index is 1.73. The molecule has 0 saturated heterocycles. The Morgan fingerprint density at radius 2 is 1.82 bits per heavy atom. The molecule has 0 heterocycles. The van der Waals surface area contributed by atoms with Gasteiger partial charge in [-0.15, -0.1) is 0 Å². The quantitative estimate of drug-likeness (QED) is 0.750. The van der Waals surface area contributed by atoms with Crippen molar-refractivity contribution in [1.82, 2.24) is 0 Å². The first-order valence-corrected chi connectivity index (χ1v) is 8.72. The molecule has 0 spiro atoms. The van der Waals surface area contributed by atoms with Gasteiger partial charge in [-0.3, -0.25) is 4.79 Å². The van der Waals surface area contributed by atoms with E-state index in [0.29, 0.717) is 25.0 Å². The van der Waals surface area contributed by atoms with Crippen LogP contribution in [0.15, 0.2) is 24.3 Å². The van der Waals surface area contributed by atoms with E-state index in [1.807, 2.05) is 6.92 Å². The number of esters is 1. The van der Waals surface area contributed by atoms with Crippen molar-refractivity contribution in [1.29, 1.82) is 0 Å². The molecule has 0 aromatic heterocycles. The van der Waals surface area contributed by atoms with Gasteiger partial charge in [0, 0.05) is 18.2 Å². The van der Waals surface area contributed by atoms with Gasteiger partial charge >= 0.3 is 5.97 Å². The zero-order chi connectivity index (χ0) is 15.8. The standard InChI is InChI=1S/C19H29NO2/c1-3-5-15-6-10-17(11-7-15)20-18-12-8-16(9-13-18)14-19(21)22-4-2/h6-7,10-11,16,18,20H,3-5,8-9,12-14H2,1-2H3. The maximum atomic E-state index is 11.5. The number of ether oxygens (including phenoxy) is 1. The lowest BCUT2D eigenvalue weighted by molar-refractivity contribution is -0.144. The molecule has 0 amide bonds. The Kier molecular flexibility index (Phi) is 6.75. The van der Waals surface area contributed by atoms with Crippen LogP contribution in [0.4, 0.5) is 5.69 Å². The molecule has 1 N–H and O–H groups in total. The topological polar surface area (TPSA) is 38.3 Å². The summed E-state index contributed by atoms with van der Waals surface area (Å²) in [5, 5.41) is 3.63. The lowest BCUT2D eigenvalue weighted by Gasteiger charge is -2.29. The van der Waals surface area contributed by atoms with Gasteiger partial charge in [0.05, 0.1) is 6.61 Å². The van der Waals surface area contributed by atoms with E-state index < -0.39 is 0 Å². The van der Waals surface area contributed by atoms with Crippen LogP contribution in [0.25, 0.3) is 0 Å². The predicted molar refractivity (Wildman–Crippen MR) is 91.1 cm³/mol. The smallest absolute Gasteiger partial charge is 0.306 e. The van der Waals surface area contributed by atoms with E-state index in [9.17, 15) is 4.79 Å². The van der Waals surface area contributed by atoms with Crippen molar-refractivity contribution in [3.8, 4) is 0 Å². The van der Waals surface area contributed by atoms with Crippen LogP contribution in [-0.2, 0) is 16.0 Å². The minimum Gasteiger partial charge on any atom is -0.466 e. The Labute approximate surface area is 134 Å². The van der Waals surface area contributed by atoms with Crippen LogP contribution in [0.5, 0.6) is 0 Å². The highest BCUT2D eigenvalue weighted by Crippen LogP contribution is 2.29. The summed E-state index contributed by atoms with van der Waals surface area (Å²) in [5.74, 6) is 0.467. The number of nitrogens with one attached hydrogen (secondary N) is 1. The maximum Gasteiger partial charge on any atom is 0.306 e. The second-order valence-corrected chi connectivity index (χ2v) is 6.32. The second-order valence-electron chi connectivity index (χ2n) is 6.32. The SMILES string of the molecule is CCCc1ccc(NC2CCC(CC(=O)OCC)CC2)cc1. The summed E-state index contributed by atoms with van der Waals surface area (Å²) in [7, 11) is 0. The normalized spacial score (nSPS) is 21.4. The molecule has 3 heteroatoms. The van der Waals surface area contributed by atoms with Crippen molar-refractivity contribution in [2.75, 3.05) is 11.9 Å². The van der Waals surface area contributed by atoms with Crippen LogP contribution in [0.1, 0.15) is 57.9 Å². The Morgan fingerprint density at radius 1 is 1.14 bits per heavy atom. The number of carbonyl (C=O) groups excluding carboxylic acids is 1. The summed E-state index contributed by atoms with van der Waals surface area (Å²) < 4.78 is 5.04. The number of rotatable bonds is 7. The summed E-state index contributed by atoms with van der Waals surface area (Å²) in [4.78, 5) is 11.5. The molecular weight excluding hydrogens is 274 g/mol. The Morgan fingerprint density at radius 3 is 2.41 bits per heavy atom. The summed E-state index contributed by atoms with van der Waals surface area (Å²) in [5.41, 5.74) is 2.62. The molecule has 0 unspecified atom stereocenters. The van der Waals surface area contributed by atoms with E-state index in [-0.39, 0.29) is 5.97 Å². The number of anilines is 1. The number of aryl methyl sites for hydroxylation is 1. The molecule has 122 valence electrons. The highest BCUT2D eigenvalue weighted by atomic mass is 16.5. The van der Waals surface area contributed by atoms with Gasteiger partial charge in [0.25, 0.3) is 0 Å². The van der Waals surface area contributed by atoms with Gasteiger partial charge < -0.3 is 10.1 Å². The zero-order valence-corrected chi connectivity index (χ0v) is 13.9. The van der Waals surface area contributed by atoms with Gasteiger partial charge in [0.1, 0.15) is 0 Å². The summed E-state index contributed by atoms with van der Waals surface area (Å²) >= 11 is 0. The second kappa shape index (κ2) is 8.82. The number of hydrogen-bond donors (Lipinski definition) is 1. The molecule has 0 radical (unpaired) electrons. The van der Waals surface area contributed by atoms with E-state index in [4.69, 9.17) is 4.74 Å². The third kappa shape index (κ3) is 5.36. The van der Waals surface area contributed by atoms with E-state index in [0.717, 1.165) is 32.1 Å². The number of carbonyl (C=O) groups is 1. The molecule has 0 atom stereocenters. The predicted octanol–water partition coefficient (Wildman–Crippen LogP) is 4.56. The molecule has 3 nitrogen and oxygen atoms in total. The molecule has 1 aromatic carbocycles. The zero-order valence-electron chi connectivity index (χ0n) is 13.9. The number of benzene rings is 1. The van der Waals surface area contributed by atoms with Crippen LogP contribution in [0, 0.1) is 5.92 Å². The molecule has 1 aromatic rings. The maximum absolute atomic E-state index is 11.5. The van der Waals surface area contributed by atoms with Crippen molar-refractivity contribution < 1.29 is 9.53 Å². The van der Waals surface area contributed by atoms with E-state index in [1.165, 1.54) is 17.7 Å². The molecular formula is C19H29NO2. The largest absolute Gasteiger partial charge is 0.466 e. The van der Waals surface area contributed by atoms with Gasteiger partial charge in [0.2, 0.25) is 0 Å². The summed E-state index contributed by atoms with van der Waals surface area (Å²) in [6.45, 7) is 4.56. The van der Waals surface area contributed by atoms with E-state index in [2.05, 4.69) is 36.5 Å². The van der Waals surface area contributed by atoms with E-state index in [1.54, 1.807) is 0 Å². The first kappa shape index (κ1) is 16.9. The fraction of sp³-hybridized carbons (Fsp3) is 0.632. The highest BCUT2D eigenvalue weighted by molar-refractivity contribution is 5.69. The minimum atomic E-state index is -0.0366. The van der Waals surface area contributed by atoms with Crippen molar-refractivity contribution in [2.24, 2.45) is 5.92 Å². The first-order chi connectivity index (χ1) is 10.7. The molecule has 1 aliphatic carbocycles. The first-order valence-electron chi connectivity index (χ1n) is 8.72. The third-order valence-corrected chi connectivity index (χ3v) is 4.47. The van der Waals surface area contributed by atoms with Crippen molar-refractivity contribution in [3.05, 3.63) is 29.8 Å². The fourth-order valence-electron chi connectivity index (χ4n) is 3.26. The fourth-order valence-corrected chi connectivity index (χ4v) is 3.26. The minimum absolute atomic E-state index is 0.0366. The Bertz CT molecular complexity index is 447. The molecule has 22 heavy (non-hydrogen) atoms. The average molecular weight is 303 g/mol. The van der Waals surface area contributed by atoms with Gasteiger partial charge in [-0.25, -0.2) is 0 Å². The molecule has 2 rings (SSSR count). The summed E-state index contributed by atoms with van der Waals surface area (Å²) in [6, 6.07) is 9.36. The molecule has 0 bridgehead atoms. The van der Waals surface area contributed by atoms with Crippen molar-refractivity contribution in [3.63, 3.8) is 0 Å². The average Bonchev–Trinajstić information content (AvgIpc) is 2.52. The summed E-state index contributed by atoms with van der Waals surface area (Å²) in [6.07, 6.45) is 7.44. The third-order valence-electron chi connectivity index (χ3n) is 4.47. The Hall–Kier alpha value is -1.51. The molecule has 1 aliphatic rings. The van der Waals surface area contributed by atoms with Crippen molar-refractivity contribution in [2.45, 2.75) is 64.8 Å². The van der Waals surface area contributed by atoms with Gasteiger partial charge in [-0.05, 0) is 62.6 Å². The molecule has 0 aliphatic heterocycles. The van der Waals surface area contributed by atoms with Gasteiger partial charge in [0.15, 0.2) is 0 Å². The molecule has 1 saturated carbocycles. The molecule has 1 fully saturated rings.